The summed E-state index contributed by atoms with van der Waals surface area (Å²) >= 11 is 12.3. The second kappa shape index (κ2) is 7.61. The monoisotopic (exact) mass is 448 g/mol. The molecule has 0 radical (unpaired) electrons. The van der Waals surface area contributed by atoms with E-state index in [0.29, 0.717) is 38.0 Å². The highest BCUT2D eigenvalue weighted by molar-refractivity contribution is 6.42. The minimum Gasteiger partial charge on any atom is -0.508 e. The molecule has 3 aromatic carbocycles. The number of fused-ring (bicyclic) bond motifs is 1. The third kappa shape index (κ3) is 3.48. The van der Waals surface area contributed by atoms with Crippen LogP contribution in [0.15, 0.2) is 88.3 Å². The largest absolute Gasteiger partial charge is 0.508 e. The van der Waals surface area contributed by atoms with Crippen molar-refractivity contribution < 1.29 is 9.52 Å². The van der Waals surface area contributed by atoms with Gasteiger partial charge in [0.25, 0.3) is 0 Å². The molecular formula is C24H14Cl2N2O3. The van der Waals surface area contributed by atoms with Gasteiger partial charge in [-0.05, 0) is 42.5 Å². The predicted octanol–water partition coefficient (Wildman–Crippen LogP) is 6.33. The van der Waals surface area contributed by atoms with Crippen LogP contribution in [-0.2, 0) is 0 Å². The fraction of sp³-hybridized carbons (Fsp3) is 0. The van der Waals surface area contributed by atoms with Crippen LogP contribution in [0.3, 0.4) is 0 Å². The summed E-state index contributed by atoms with van der Waals surface area (Å²) in [5, 5.41) is 15.6. The molecule has 0 amide bonds. The molecule has 2 aromatic heterocycles. The van der Waals surface area contributed by atoms with Gasteiger partial charge in [0, 0.05) is 11.6 Å². The molecule has 0 spiro atoms. The van der Waals surface area contributed by atoms with Gasteiger partial charge in [-0.15, -0.1) is 0 Å². The van der Waals surface area contributed by atoms with Crippen molar-refractivity contribution >= 4 is 34.2 Å². The average molecular weight is 449 g/mol. The molecule has 0 aliphatic carbocycles. The number of aromatic hydroxyl groups is 1. The van der Waals surface area contributed by atoms with Crippen LogP contribution in [0.25, 0.3) is 39.2 Å². The maximum Gasteiger partial charge on any atom is 0.202 e. The van der Waals surface area contributed by atoms with E-state index in [0.717, 1.165) is 11.3 Å². The van der Waals surface area contributed by atoms with E-state index in [1.807, 2.05) is 42.5 Å². The van der Waals surface area contributed by atoms with Crippen LogP contribution in [0.4, 0.5) is 0 Å². The van der Waals surface area contributed by atoms with Crippen LogP contribution in [0.5, 0.6) is 5.75 Å². The second-order valence-corrected chi connectivity index (χ2v) is 7.76. The molecule has 5 nitrogen and oxygen atoms in total. The lowest BCUT2D eigenvalue weighted by Gasteiger charge is -2.07. The zero-order valence-corrected chi connectivity index (χ0v) is 17.4. The van der Waals surface area contributed by atoms with Crippen LogP contribution < -0.4 is 5.43 Å². The fourth-order valence-electron chi connectivity index (χ4n) is 3.43. The quantitative estimate of drug-likeness (QED) is 0.350. The van der Waals surface area contributed by atoms with Gasteiger partial charge in [0.05, 0.1) is 38.1 Å². The Balaban J connectivity index is 1.76. The van der Waals surface area contributed by atoms with E-state index in [9.17, 15) is 9.90 Å². The Kier molecular flexibility index (Phi) is 4.77. The molecule has 0 saturated heterocycles. The average Bonchev–Trinajstić information content (AvgIpc) is 3.21. The molecule has 0 saturated carbocycles. The number of phenols is 1. The number of hydrogen-bond acceptors (Lipinski definition) is 4. The Bertz CT molecular complexity index is 1490. The fourth-order valence-corrected chi connectivity index (χ4v) is 3.73. The van der Waals surface area contributed by atoms with Crippen molar-refractivity contribution in [3.8, 4) is 34.0 Å². The molecule has 2 heterocycles. The van der Waals surface area contributed by atoms with Crippen LogP contribution in [0.1, 0.15) is 0 Å². The van der Waals surface area contributed by atoms with Gasteiger partial charge in [-0.25, -0.2) is 4.68 Å². The number of halogens is 2. The van der Waals surface area contributed by atoms with Gasteiger partial charge in [-0.2, -0.15) is 5.10 Å². The highest BCUT2D eigenvalue weighted by atomic mass is 35.5. The molecule has 1 N–H and O–H groups in total. The third-order valence-corrected chi connectivity index (χ3v) is 5.70. The Hall–Kier alpha value is -3.54. The minimum atomic E-state index is -0.223. The molecule has 5 rings (SSSR count). The van der Waals surface area contributed by atoms with Gasteiger partial charge in [0.15, 0.2) is 0 Å². The first-order valence-electron chi connectivity index (χ1n) is 9.37. The summed E-state index contributed by atoms with van der Waals surface area (Å²) in [7, 11) is 0. The minimum absolute atomic E-state index is 0.0274. The number of hydrogen-bond donors (Lipinski definition) is 1. The number of aromatic nitrogens is 2. The number of para-hydroxylation sites is 1. The molecule has 0 aliphatic rings. The van der Waals surface area contributed by atoms with Crippen molar-refractivity contribution in [1.82, 2.24) is 9.78 Å². The van der Waals surface area contributed by atoms with E-state index in [1.165, 1.54) is 18.4 Å². The van der Waals surface area contributed by atoms with Gasteiger partial charge >= 0.3 is 0 Å². The van der Waals surface area contributed by atoms with Crippen LogP contribution in [0, 0.1) is 0 Å². The molecule has 0 aliphatic heterocycles. The van der Waals surface area contributed by atoms with Gasteiger partial charge in [-0.1, -0.05) is 47.5 Å². The summed E-state index contributed by atoms with van der Waals surface area (Å²) < 4.78 is 7.35. The lowest BCUT2D eigenvalue weighted by atomic mass is 10.1. The van der Waals surface area contributed by atoms with Crippen molar-refractivity contribution in [3.05, 3.63) is 99.3 Å². The van der Waals surface area contributed by atoms with Gasteiger partial charge in [-0.3, -0.25) is 4.79 Å². The highest BCUT2D eigenvalue weighted by Crippen LogP contribution is 2.32. The summed E-state index contributed by atoms with van der Waals surface area (Å²) in [6, 6.07) is 21.0. The van der Waals surface area contributed by atoms with E-state index in [4.69, 9.17) is 32.7 Å². The Morgan fingerprint density at radius 2 is 1.71 bits per heavy atom. The number of nitrogens with zero attached hydrogens (tertiary/aromatic N) is 2. The maximum atomic E-state index is 13.2. The lowest BCUT2D eigenvalue weighted by Crippen LogP contribution is -2.08. The van der Waals surface area contributed by atoms with Gasteiger partial charge < -0.3 is 9.52 Å². The highest BCUT2D eigenvalue weighted by Gasteiger charge is 2.18. The molecular weight excluding hydrogens is 435 g/mol. The molecule has 31 heavy (non-hydrogen) atoms. The number of phenolic OH excluding ortho intramolecular Hbond substituents is 1. The zero-order chi connectivity index (χ0) is 21.5. The summed E-state index contributed by atoms with van der Waals surface area (Å²) in [4.78, 5) is 13.2. The van der Waals surface area contributed by atoms with Crippen LogP contribution >= 0.6 is 23.2 Å². The smallest absolute Gasteiger partial charge is 0.202 e. The van der Waals surface area contributed by atoms with Gasteiger partial charge in [0.2, 0.25) is 5.43 Å². The van der Waals surface area contributed by atoms with Crippen molar-refractivity contribution in [1.29, 1.82) is 0 Å². The Labute approximate surface area is 186 Å². The first-order valence-corrected chi connectivity index (χ1v) is 10.1. The predicted molar refractivity (Wildman–Crippen MR) is 122 cm³/mol. The summed E-state index contributed by atoms with van der Waals surface area (Å²) in [6.07, 6.45) is 1.39. The maximum absolute atomic E-state index is 13.2. The van der Waals surface area contributed by atoms with Crippen molar-refractivity contribution in [2.45, 2.75) is 0 Å². The van der Waals surface area contributed by atoms with E-state index in [1.54, 1.807) is 22.9 Å². The van der Waals surface area contributed by atoms with E-state index < -0.39 is 0 Å². The molecule has 0 fully saturated rings. The molecule has 0 bridgehead atoms. The van der Waals surface area contributed by atoms with E-state index >= 15 is 0 Å². The van der Waals surface area contributed by atoms with Crippen LogP contribution in [-0.4, -0.2) is 14.9 Å². The first-order chi connectivity index (χ1) is 15.0. The first kappa shape index (κ1) is 19.4. The summed E-state index contributed by atoms with van der Waals surface area (Å²) in [5.41, 5.74) is 3.18. The normalized spacial score (nSPS) is 11.2. The van der Waals surface area contributed by atoms with E-state index in [-0.39, 0.29) is 11.2 Å². The van der Waals surface area contributed by atoms with Crippen molar-refractivity contribution in [2.75, 3.05) is 0 Å². The number of benzene rings is 3. The summed E-state index contributed by atoms with van der Waals surface area (Å²) in [5.74, 6) is 0.0274. The standard InChI is InChI=1S/C24H14Cl2N2O3/c25-19-9-6-14(10-20(19)26)21-12-22(28(27-21)15-4-2-1-3-5-15)18-13-31-23-11-16(29)7-8-17(23)24(18)30/h1-13,29H. The molecule has 152 valence electrons. The van der Waals surface area contributed by atoms with Crippen molar-refractivity contribution in [2.24, 2.45) is 0 Å². The van der Waals surface area contributed by atoms with Gasteiger partial charge in [0.1, 0.15) is 17.6 Å². The van der Waals surface area contributed by atoms with Crippen molar-refractivity contribution in [3.63, 3.8) is 0 Å². The lowest BCUT2D eigenvalue weighted by molar-refractivity contribution is 0.474. The Morgan fingerprint density at radius 3 is 2.48 bits per heavy atom. The SMILES string of the molecule is O=c1c(-c2cc(-c3ccc(Cl)c(Cl)c3)nn2-c2ccccc2)coc2cc(O)ccc12. The topological polar surface area (TPSA) is 68.3 Å². The molecule has 5 aromatic rings. The zero-order valence-electron chi connectivity index (χ0n) is 15.9. The summed E-state index contributed by atoms with van der Waals surface area (Å²) in [6.45, 7) is 0. The molecule has 0 unspecified atom stereocenters. The second-order valence-electron chi connectivity index (χ2n) is 6.95. The van der Waals surface area contributed by atoms with E-state index in [2.05, 4.69) is 0 Å². The molecule has 7 heteroatoms. The third-order valence-electron chi connectivity index (χ3n) is 4.96. The number of rotatable bonds is 3. The molecule has 0 atom stereocenters. The van der Waals surface area contributed by atoms with Crippen LogP contribution in [0.2, 0.25) is 10.0 Å². The Morgan fingerprint density at radius 1 is 0.903 bits per heavy atom.